The molecule has 1 rings (SSSR count). The molecule has 0 unspecified atom stereocenters. The molecule has 54 valence electrons. The van der Waals surface area contributed by atoms with Gasteiger partial charge in [-0.1, -0.05) is 0 Å². The summed E-state index contributed by atoms with van der Waals surface area (Å²) in [5.74, 6) is 0. The molecule has 1 heterocycles. The van der Waals surface area contributed by atoms with Gasteiger partial charge in [0.15, 0.2) is 0 Å². The second kappa shape index (κ2) is 3.85. The first-order valence-corrected chi connectivity index (χ1v) is 3.76. The zero-order valence-electron chi connectivity index (χ0n) is 6.10. The van der Waals surface area contributed by atoms with Crippen LogP contribution in [0.4, 0.5) is 0 Å². The molecular weight excluding hydrogens is 114 g/mol. The summed E-state index contributed by atoms with van der Waals surface area (Å²) in [5.41, 5.74) is 0. The van der Waals surface area contributed by atoms with Crippen molar-refractivity contribution in [2.75, 3.05) is 20.3 Å². The number of quaternary nitrogens is 1. The Morgan fingerprint density at radius 3 is 3.00 bits per heavy atom. The van der Waals surface area contributed by atoms with Crippen LogP contribution in [0.15, 0.2) is 0 Å². The number of nitrogens with two attached hydrogens (primary N) is 1. The average molecular weight is 130 g/mol. The quantitative estimate of drug-likeness (QED) is 0.548. The van der Waals surface area contributed by atoms with Crippen molar-refractivity contribution in [1.29, 1.82) is 0 Å². The van der Waals surface area contributed by atoms with Gasteiger partial charge in [0.2, 0.25) is 0 Å². The van der Waals surface area contributed by atoms with Gasteiger partial charge in [0.1, 0.15) is 6.04 Å². The summed E-state index contributed by atoms with van der Waals surface area (Å²) in [7, 11) is 1.78. The van der Waals surface area contributed by atoms with Gasteiger partial charge in [-0.2, -0.15) is 0 Å². The minimum Gasteiger partial charge on any atom is -0.379 e. The molecule has 0 amide bonds. The summed E-state index contributed by atoms with van der Waals surface area (Å²) < 4.78 is 5.05. The number of methoxy groups -OCH3 is 1. The van der Waals surface area contributed by atoms with Crippen LogP contribution in [0.3, 0.4) is 0 Å². The van der Waals surface area contributed by atoms with Crippen LogP contribution in [0.2, 0.25) is 0 Å². The van der Waals surface area contributed by atoms with E-state index in [9.17, 15) is 0 Å². The van der Waals surface area contributed by atoms with E-state index >= 15 is 0 Å². The molecule has 0 aromatic carbocycles. The van der Waals surface area contributed by atoms with Gasteiger partial charge in [0.25, 0.3) is 0 Å². The molecule has 2 N–H and O–H groups in total. The minimum absolute atomic E-state index is 0.753. The molecule has 0 spiro atoms. The topological polar surface area (TPSA) is 25.8 Å². The van der Waals surface area contributed by atoms with Crippen LogP contribution in [0, 0.1) is 0 Å². The second-order valence-corrected chi connectivity index (χ2v) is 2.74. The third-order valence-corrected chi connectivity index (χ3v) is 1.91. The van der Waals surface area contributed by atoms with E-state index in [1.165, 1.54) is 25.8 Å². The lowest BCUT2D eigenvalue weighted by Crippen LogP contribution is -2.92. The number of ether oxygens (including phenoxy) is 1. The van der Waals surface area contributed by atoms with E-state index in [1.807, 2.05) is 0 Å². The Hall–Kier alpha value is -0.0800. The normalized spacial score (nSPS) is 28.3. The molecule has 1 aliphatic rings. The zero-order chi connectivity index (χ0) is 6.53. The van der Waals surface area contributed by atoms with E-state index in [0.29, 0.717) is 0 Å². The van der Waals surface area contributed by atoms with Gasteiger partial charge in [-0.3, -0.25) is 0 Å². The Bertz CT molecular complexity index is 66.6. The molecule has 2 heteroatoms. The molecule has 1 fully saturated rings. The van der Waals surface area contributed by atoms with Crippen molar-refractivity contribution in [2.45, 2.75) is 25.3 Å². The average Bonchev–Trinajstić information content (AvgIpc) is 1.91. The summed E-state index contributed by atoms with van der Waals surface area (Å²) in [6, 6.07) is 0.753. The standard InChI is InChI=1S/C7H15NO/c1-9-6-7-4-2-3-5-8-7/h7-8H,2-6H2,1H3/p+1/t7-/m1/s1. The maximum absolute atomic E-state index is 5.05. The smallest absolute Gasteiger partial charge is 0.110 e. The molecule has 0 aliphatic carbocycles. The van der Waals surface area contributed by atoms with Crippen LogP contribution in [0.5, 0.6) is 0 Å². The van der Waals surface area contributed by atoms with Gasteiger partial charge in [-0.05, 0) is 12.8 Å². The third kappa shape index (κ3) is 2.33. The fourth-order valence-electron chi connectivity index (χ4n) is 1.39. The Morgan fingerprint density at radius 1 is 1.56 bits per heavy atom. The largest absolute Gasteiger partial charge is 0.379 e. The lowest BCUT2D eigenvalue weighted by atomic mass is 10.1. The highest BCUT2D eigenvalue weighted by Crippen LogP contribution is 2.00. The summed E-state index contributed by atoms with van der Waals surface area (Å²) in [4.78, 5) is 0. The van der Waals surface area contributed by atoms with Crippen molar-refractivity contribution in [1.82, 2.24) is 0 Å². The summed E-state index contributed by atoms with van der Waals surface area (Å²) in [6.45, 7) is 2.23. The Labute approximate surface area is 56.6 Å². The van der Waals surface area contributed by atoms with E-state index in [0.717, 1.165) is 12.6 Å². The predicted octanol–water partition coefficient (Wildman–Crippen LogP) is -0.251. The molecule has 0 aromatic rings. The summed E-state index contributed by atoms with van der Waals surface area (Å²) >= 11 is 0. The highest BCUT2D eigenvalue weighted by Gasteiger charge is 2.14. The lowest BCUT2D eigenvalue weighted by molar-refractivity contribution is -0.698. The van der Waals surface area contributed by atoms with E-state index < -0.39 is 0 Å². The monoisotopic (exact) mass is 130 g/mol. The molecule has 1 saturated heterocycles. The molecule has 2 nitrogen and oxygen atoms in total. The van der Waals surface area contributed by atoms with E-state index in [-0.39, 0.29) is 0 Å². The highest BCUT2D eigenvalue weighted by molar-refractivity contribution is 4.56. The molecule has 9 heavy (non-hydrogen) atoms. The molecule has 1 atom stereocenters. The zero-order valence-corrected chi connectivity index (χ0v) is 6.10. The van der Waals surface area contributed by atoms with E-state index in [2.05, 4.69) is 5.32 Å². The first kappa shape index (κ1) is 7.03. The number of hydrogen-bond donors (Lipinski definition) is 1. The molecule has 0 saturated carbocycles. The van der Waals surface area contributed by atoms with Gasteiger partial charge < -0.3 is 10.1 Å². The van der Waals surface area contributed by atoms with E-state index in [1.54, 1.807) is 7.11 Å². The first-order valence-electron chi connectivity index (χ1n) is 3.76. The van der Waals surface area contributed by atoms with Crippen molar-refractivity contribution >= 4 is 0 Å². The molecular formula is C7H16NO+. The fraction of sp³-hybridized carbons (Fsp3) is 1.00. The highest BCUT2D eigenvalue weighted by atomic mass is 16.5. The predicted molar refractivity (Wildman–Crippen MR) is 36.3 cm³/mol. The lowest BCUT2D eigenvalue weighted by Gasteiger charge is -2.18. The maximum Gasteiger partial charge on any atom is 0.110 e. The minimum atomic E-state index is 0.753. The summed E-state index contributed by atoms with van der Waals surface area (Å²) in [6.07, 6.45) is 4.12. The number of hydrogen-bond acceptors (Lipinski definition) is 1. The van der Waals surface area contributed by atoms with Crippen LogP contribution in [0.25, 0.3) is 0 Å². The molecule has 1 aliphatic heterocycles. The molecule has 0 aromatic heterocycles. The van der Waals surface area contributed by atoms with Crippen molar-refractivity contribution in [3.63, 3.8) is 0 Å². The van der Waals surface area contributed by atoms with Crippen LogP contribution in [-0.2, 0) is 4.74 Å². The number of rotatable bonds is 2. The van der Waals surface area contributed by atoms with Gasteiger partial charge in [-0.15, -0.1) is 0 Å². The van der Waals surface area contributed by atoms with Crippen LogP contribution >= 0.6 is 0 Å². The van der Waals surface area contributed by atoms with Crippen molar-refractivity contribution in [3.8, 4) is 0 Å². The molecule has 0 bridgehead atoms. The van der Waals surface area contributed by atoms with Crippen molar-refractivity contribution in [3.05, 3.63) is 0 Å². The van der Waals surface area contributed by atoms with Crippen LogP contribution in [-0.4, -0.2) is 26.3 Å². The summed E-state index contributed by atoms with van der Waals surface area (Å²) in [5, 5.41) is 2.40. The maximum atomic E-state index is 5.05. The second-order valence-electron chi connectivity index (χ2n) is 2.74. The Balaban J connectivity index is 2.08. The first-order chi connectivity index (χ1) is 4.43. The Morgan fingerprint density at radius 2 is 2.44 bits per heavy atom. The van der Waals surface area contributed by atoms with Gasteiger partial charge in [-0.25, -0.2) is 0 Å². The van der Waals surface area contributed by atoms with Gasteiger partial charge in [0.05, 0.1) is 13.2 Å². The van der Waals surface area contributed by atoms with E-state index in [4.69, 9.17) is 4.74 Å². The Kier molecular flexibility index (Phi) is 3.01. The SMILES string of the molecule is COC[C@H]1CCCC[NH2+]1. The van der Waals surface area contributed by atoms with Gasteiger partial charge in [0, 0.05) is 13.5 Å². The molecule has 0 radical (unpaired) electrons. The van der Waals surface area contributed by atoms with Crippen molar-refractivity contribution < 1.29 is 10.1 Å². The van der Waals surface area contributed by atoms with Gasteiger partial charge >= 0.3 is 0 Å². The van der Waals surface area contributed by atoms with Crippen LogP contribution in [0.1, 0.15) is 19.3 Å². The van der Waals surface area contributed by atoms with Crippen molar-refractivity contribution in [2.24, 2.45) is 0 Å². The fourth-order valence-corrected chi connectivity index (χ4v) is 1.39. The van der Waals surface area contributed by atoms with Crippen LogP contribution < -0.4 is 5.32 Å². The third-order valence-electron chi connectivity index (χ3n) is 1.91. The number of piperidine rings is 1.